The Morgan fingerprint density at radius 3 is 2.88 bits per heavy atom. The van der Waals surface area contributed by atoms with Gasteiger partial charge in [0.25, 0.3) is 5.91 Å². The van der Waals surface area contributed by atoms with Gasteiger partial charge in [-0.15, -0.1) is 0 Å². The number of imidazole rings is 1. The molecule has 0 atom stereocenters. The Labute approximate surface area is 146 Å². The molecule has 0 fully saturated rings. The molecule has 1 aliphatic heterocycles. The van der Waals surface area contributed by atoms with Gasteiger partial charge in [-0.2, -0.15) is 0 Å². The largest absolute Gasteiger partial charge is 0.325 e. The summed E-state index contributed by atoms with van der Waals surface area (Å²) in [6.45, 7) is 0.938. The molecule has 0 unspecified atom stereocenters. The van der Waals surface area contributed by atoms with Gasteiger partial charge < -0.3 is 9.88 Å². The summed E-state index contributed by atoms with van der Waals surface area (Å²) in [4.78, 5) is 16.8. The zero-order chi connectivity index (χ0) is 17.4. The van der Waals surface area contributed by atoms with E-state index in [9.17, 15) is 13.6 Å². The quantitative estimate of drug-likeness (QED) is 0.765. The van der Waals surface area contributed by atoms with Crippen LogP contribution in [-0.2, 0) is 6.54 Å². The number of carbonyl (C=O) groups is 1. The second kappa shape index (κ2) is 6.33. The van der Waals surface area contributed by atoms with Gasteiger partial charge in [0.1, 0.15) is 11.6 Å². The third kappa shape index (κ3) is 3.15. The number of nitrogens with zero attached hydrogens (tertiary/aromatic N) is 2. The van der Waals surface area contributed by atoms with Crippen LogP contribution in [0.5, 0.6) is 0 Å². The fourth-order valence-corrected chi connectivity index (χ4v) is 3.62. The molecule has 0 spiro atoms. The van der Waals surface area contributed by atoms with Gasteiger partial charge in [0.2, 0.25) is 0 Å². The SMILES string of the molecule is O=C(Nc1cccc(-c2cn3c(n2)SCC3)c1)c1ccc(F)cc1F. The molecule has 2 aromatic carbocycles. The third-order valence-corrected chi connectivity index (χ3v) is 4.87. The minimum absolute atomic E-state index is 0.204. The first-order valence-electron chi connectivity index (χ1n) is 7.67. The zero-order valence-corrected chi connectivity index (χ0v) is 13.8. The van der Waals surface area contributed by atoms with Crippen molar-refractivity contribution < 1.29 is 13.6 Å². The molecule has 1 amide bonds. The summed E-state index contributed by atoms with van der Waals surface area (Å²) in [6, 6.07) is 10.1. The molecular formula is C18H13F2N3OS. The maximum Gasteiger partial charge on any atom is 0.258 e. The van der Waals surface area contributed by atoms with Crippen molar-refractivity contribution in [1.82, 2.24) is 9.55 Å². The molecule has 0 saturated heterocycles. The number of amides is 1. The number of aromatic nitrogens is 2. The van der Waals surface area contributed by atoms with Gasteiger partial charge in [0.05, 0.1) is 11.3 Å². The Kier molecular flexibility index (Phi) is 4.01. The fourth-order valence-electron chi connectivity index (χ4n) is 2.68. The molecule has 0 radical (unpaired) electrons. The number of aryl methyl sites for hydroxylation is 1. The Bertz CT molecular complexity index is 949. The predicted octanol–water partition coefficient (Wildman–Crippen LogP) is 4.19. The summed E-state index contributed by atoms with van der Waals surface area (Å²) in [5, 5.41) is 3.62. The van der Waals surface area contributed by atoms with Crippen molar-refractivity contribution in [2.45, 2.75) is 11.7 Å². The molecule has 25 heavy (non-hydrogen) atoms. The number of halogens is 2. The monoisotopic (exact) mass is 357 g/mol. The summed E-state index contributed by atoms with van der Waals surface area (Å²) in [7, 11) is 0. The summed E-state index contributed by atoms with van der Waals surface area (Å²) < 4.78 is 28.8. The Morgan fingerprint density at radius 2 is 2.08 bits per heavy atom. The van der Waals surface area contributed by atoms with E-state index in [1.165, 1.54) is 0 Å². The van der Waals surface area contributed by atoms with Crippen molar-refractivity contribution in [3.8, 4) is 11.3 Å². The average Bonchev–Trinajstić information content (AvgIpc) is 3.16. The fraction of sp³-hybridized carbons (Fsp3) is 0.111. The van der Waals surface area contributed by atoms with Crippen LogP contribution in [0.3, 0.4) is 0 Å². The number of anilines is 1. The molecule has 0 aliphatic carbocycles. The number of hydrogen-bond acceptors (Lipinski definition) is 3. The molecule has 1 aromatic heterocycles. The number of benzene rings is 2. The van der Waals surface area contributed by atoms with Crippen molar-refractivity contribution in [3.63, 3.8) is 0 Å². The van der Waals surface area contributed by atoms with Gasteiger partial charge in [-0.3, -0.25) is 4.79 Å². The highest BCUT2D eigenvalue weighted by molar-refractivity contribution is 7.99. The average molecular weight is 357 g/mol. The van der Waals surface area contributed by atoms with Crippen LogP contribution in [0.4, 0.5) is 14.5 Å². The maximum absolute atomic E-state index is 13.7. The van der Waals surface area contributed by atoms with Crippen LogP contribution < -0.4 is 5.32 Å². The van der Waals surface area contributed by atoms with Crippen LogP contribution in [0.15, 0.2) is 53.8 Å². The van der Waals surface area contributed by atoms with Crippen LogP contribution in [0.1, 0.15) is 10.4 Å². The molecule has 7 heteroatoms. The van der Waals surface area contributed by atoms with Crippen molar-refractivity contribution in [2.24, 2.45) is 0 Å². The highest BCUT2D eigenvalue weighted by Crippen LogP contribution is 2.30. The molecular weight excluding hydrogens is 344 g/mol. The lowest BCUT2D eigenvalue weighted by Crippen LogP contribution is -2.13. The Hall–Kier alpha value is -2.67. The summed E-state index contributed by atoms with van der Waals surface area (Å²) in [5.74, 6) is -1.21. The number of rotatable bonds is 3. The van der Waals surface area contributed by atoms with Crippen LogP contribution >= 0.6 is 11.8 Å². The first kappa shape index (κ1) is 15.8. The third-order valence-electron chi connectivity index (χ3n) is 3.90. The minimum Gasteiger partial charge on any atom is -0.325 e. The maximum atomic E-state index is 13.7. The Morgan fingerprint density at radius 1 is 1.20 bits per heavy atom. The van der Waals surface area contributed by atoms with Crippen LogP contribution in [0.25, 0.3) is 11.3 Å². The van der Waals surface area contributed by atoms with E-state index in [2.05, 4.69) is 14.9 Å². The standard InChI is InChI=1S/C18H13F2N3OS/c19-12-4-5-14(15(20)9-12)17(24)21-13-3-1-2-11(8-13)16-10-23-6-7-25-18(23)22-16/h1-5,8-10H,6-7H2,(H,21,24). The van der Waals surface area contributed by atoms with Crippen LogP contribution in [-0.4, -0.2) is 21.2 Å². The number of carbonyl (C=O) groups excluding carboxylic acids is 1. The van der Waals surface area contributed by atoms with E-state index in [0.717, 1.165) is 40.8 Å². The highest BCUT2D eigenvalue weighted by atomic mass is 32.2. The topological polar surface area (TPSA) is 46.9 Å². The van der Waals surface area contributed by atoms with Gasteiger partial charge in [-0.1, -0.05) is 23.9 Å². The van der Waals surface area contributed by atoms with Gasteiger partial charge in [-0.25, -0.2) is 13.8 Å². The van der Waals surface area contributed by atoms with Crippen molar-refractivity contribution in [2.75, 3.05) is 11.1 Å². The zero-order valence-electron chi connectivity index (χ0n) is 13.0. The molecule has 2 heterocycles. The smallest absolute Gasteiger partial charge is 0.258 e. The molecule has 4 nitrogen and oxygen atoms in total. The second-order valence-electron chi connectivity index (χ2n) is 5.61. The van der Waals surface area contributed by atoms with Gasteiger partial charge >= 0.3 is 0 Å². The van der Waals surface area contributed by atoms with Gasteiger partial charge in [0.15, 0.2) is 5.16 Å². The van der Waals surface area contributed by atoms with E-state index in [4.69, 9.17) is 0 Å². The second-order valence-corrected chi connectivity index (χ2v) is 6.67. The number of hydrogen-bond donors (Lipinski definition) is 1. The van der Waals surface area contributed by atoms with Crippen molar-refractivity contribution >= 4 is 23.4 Å². The van der Waals surface area contributed by atoms with Crippen molar-refractivity contribution in [3.05, 3.63) is 65.9 Å². The van der Waals surface area contributed by atoms with Gasteiger partial charge in [-0.05, 0) is 24.3 Å². The highest BCUT2D eigenvalue weighted by Gasteiger charge is 2.16. The first-order valence-corrected chi connectivity index (χ1v) is 8.65. The molecule has 1 aliphatic rings. The summed E-state index contributed by atoms with van der Waals surface area (Å²) >= 11 is 1.71. The lowest BCUT2D eigenvalue weighted by molar-refractivity contribution is 0.102. The molecule has 1 N–H and O–H groups in total. The summed E-state index contributed by atoms with van der Waals surface area (Å²) in [5.41, 5.74) is 2.00. The van der Waals surface area contributed by atoms with Gasteiger partial charge in [0, 0.05) is 35.8 Å². The molecule has 126 valence electrons. The van der Waals surface area contributed by atoms with E-state index < -0.39 is 17.5 Å². The number of fused-ring (bicyclic) bond motifs is 1. The molecule has 0 bridgehead atoms. The van der Waals surface area contributed by atoms with E-state index in [1.807, 2.05) is 12.3 Å². The normalized spacial score (nSPS) is 12.9. The van der Waals surface area contributed by atoms with Crippen LogP contribution in [0, 0.1) is 11.6 Å². The molecule has 3 aromatic rings. The predicted molar refractivity (Wildman–Crippen MR) is 92.7 cm³/mol. The number of thioether (sulfide) groups is 1. The van der Waals surface area contributed by atoms with E-state index in [1.54, 1.807) is 30.0 Å². The first-order chi connectivity index (χ1) is 12.1. The molecule has 4 rings (SSSR count). The number of nitrogens with one attached hydrogen (secondary N) is 1. The van der Waals surface area contributed by atoms with Crippen molar-refractivity contribution in [1.29, 1.82) is 0 Å². The van der Waals surface area contributed by atoms with E-state index >= 15 is 0 Å². The Balaban J connectivity index is 1.58. The summed E-state index contributed by atoms with van der Waals surface area (Å²) in [6.07, 6.45) is 1.98. The van der Waals surface area contributed by atoms with E-state index in [-0.39, 0.29) is 5.56 Å². The molecule has 0 saturated carbocycles. The minimum atomic E-state index is -0.892. The lowest BCUT2D eigenvalue weighted by Gasteiger charge is -2.07. The lowest BCUT2D eigenvalue weighted by atomic mass is 10.1. The van der Waals surface area contributed by atoms with Crippen LogP contribution in [0.2, 0.25) is 0 Å². The van der Waals surface area contributed by atoms with E-state index in [0.29, 0.717) is 11.8 Å².